The highest BCUT2D eigenvalue weighted by Crippen LogP contribution is 2.23. The van der Waals surface area contributed by atoms with Crippen LogP contribution in [0.25, 0.3) is 0 Å². The highest BCUT2D eigenvalue weighted by atomic mass is 32.2. The largest absolute Gasteiger partial charge is 0.491 e. The molecule has 4 heteroatoms. The van der Waals surface area contributed by atoms with Crippen molar-refractivity contribution in [3.8, 4) is 5.75 Å². The second-order valence-corrected chi connectivity index (χ2v) is 6.28. The number of ether oxygens (including phenoxy) is 1. The minimum absolute atomic E-state index is 0.168. The van der Waals surface area contributed by atoms with Crippen LogP contribution in [-0.2, 0) is 0 Å². The zero-order valence-electron chi connectivity index (χ0n) is 12.9. The molecule has 0 aliphatic rings. The molecule has 0 unspecified atom stereocenters. The van der Waals surface area contributed by atoms with Gasteiger partial charge in [0.25, 0.3) is 0 Å². The van der Waals surface area contributed by atoms with Crippen molar-refractivity contribution in [1.29, 1.82) is 0 Å². The summed E-state index contributed by atoms with van der Waals surface area (Å²) in [6.07, 6.45) is 7.46. The summed E-state index contributed by atoms with van der Waals surface area (Å²) >= 11 is 1.93. The summed E-state index contributed by atoms with van der Waals surface area (Å²) in [5.74, 6) is 2.11. The smallest absolute Gasteiger partial charge is 0.123 e. The maximum atomic E-state index is 5.90. The Bertz CT molecular complexity index is 383. The lowest BCUT2D eigenvalue weighted by Crippen LogP contribution is -2.07. The molecule has 0 spiro atoms. The maximum absolute atomic E-state index is 5.90. The Morgan fingerprint density at radius 1 is 1.15 bits per heavy atom. The van der Waals surface area contributed by atoms with E-state index in [0.29, 0.717) is 0 Å². The third-order valence-corrected chi connectivity index (χ3v) is 3.60. The fourth-order valence-electron chi connectivity index (χ4n) is 2.02. The molecule has 0 amide bonds. The molecule has 0 atom stereocenters. The van der Waals surface area contributed by atoms with Gasteiger partial charge in [-0.25, -0.2) is 0 Å². The van der Waals surface area contributed by atoms with E-state index in [4.69, 9.17) is 10.5 Å². The third-order valence-electron chi connectivity index (χ3n) is 2.91. The van der Waals surface area contributed by atoms with E-state index in [0.717, 1.165) is 23.7 Å². The predicted molar refractivity (Wildman–Crippen MR) is 92.0 cm³/mol. The van der Waals surface area contributed by atoms with Crippen LogP contribution in [0, 0.1) is 0 Å². The Labute approximate surface area is 127 Å². The van der Waals surface area contributed by atoms with Crippen LogP contribution in [0.1, 0.15) is 39.5 Å². The molecule has 0 radical (unpaired) electrons. The first-order valence-corrected chi connectivity index (χ1v) is 8.81. The summed E-state index contributed by atoms with van der Waals surface area (Å²) in [7, 11) is 0. The van der Waals surface area contributed by atoms with Gasteiger partial charge in [0.15, 0.2) is 0 Å². The number of benzene rings is 1. The van der Waals surface area contributed by atoms with Gasteiger partial charge in [-0.1, -0.05) is 12.8 Å². The van der Waals surface area contributed by atoms with Crippen molar-refractivity contribution in [2.45, 2.75) is 45.6 Å². The number of unbranched alkanes of at least 4 members (excludes halogenated alkanes) is 3. The molecule has 0 aliphatic heterocycles. The minimum atomic E-state index is 0.168. The number of thioether (sulfide) groups is 1. The minimum Gasteiger partial charge on any atom is -0.491 e. The lowest BCUT2D eigenvalue weighted by Gasteiger charge is -2.13. The van der Waals surface area contributed by atoms with Gasteiger partial charge >= 0.3 is 0 Å². The van der Waals surface area contributed by atoms with Gasteiger partial charge in [0.05, 0.1) is 6.10 Å². The molecule has 0 aromatic heterocycles. The van der Waals surface area contributed by atoms with E-state index in [1.807, 2.05) is 43.8 Å². The quantitative estimate of drug-likeness (QED) is 0.496. The Balaban J connectivity index is 2.30. The first-order chi connectivity index (χ1) is 9.61. The SMILES string of the molecule is CSCCCCCCNc1cc(N)cc(OC(C)C)c1. The normalized spacial score (nSPS) is 10.8. The van der Waals surface area contributed by atoms with Gasteiger partial charge in [0.1, 0.15) is 5.75 Å². The van der Waals surface area contributed by atoms with E-state index < -0.39 is 0 Å². The van der Waals surface area contributed by atoms with Crippen LogP contribution >= 0.6 is 11.8 Å². The van der Waals surface area contributed by atoms with Gasteiger partial charge in [-0.15, -0.1) is 0 Å². The molecule has 20 heavy (non-hydrogen) atoms. The number of rotatable bonds is 10. The van der Waals surface area contributed by atoms with Crippen molar-refractivity contribution >= 4 is 23.1 Å². The molecule has 0 saturated heterocycles. The topological polar surface area (TPSA) is 47.3 Å². The third kappa shape index (κ3) is 7.53. The van der Waals surface area contributed by atoms with Gasteiger partial charge in [-0.05, 0) is 44.8 Å². The zero-order chi connectivity index (χ0) is 14.8. The van der Waals surface area contributed by atoms with E-state index in [9.17, 15) is 0 Å². The number of hydrogen-bond donors (Lipinski definition) is 2. The molecule has 0 aliphatic carbocycles. The Hall–Kier alpha value is -1.03. The van der Waals surface area contributed by atoms with Gasteiger partial charge in [-0.2, -0.15) is 11.8 Å². The predicted octanol–water partition coefficient (Wildman–Crippen LogP) is 4.39. The molecular weight excluding hydrogens is 268 g/mol. The van der Waals surface area contributed by atoms with E-state index >= 15 is 0 Å². The van der Waals surface area contributed by atoms with Crippen molar-refractivity contribution in [1.82, 2.24) is 0 Å². The summed E-state index contributed by atoms with van der Waals surface area (Å²) in [4.78, 5) is 0. The second kappa shape index (κ2) is 9.81. The van der Waals surface area contributed by atoms with Crippen molar-refractivity contribution in [2.24, 2.45) is 0 Å². The van der Waals surface area contributed by atoms with Gasteiger partial charge < -0.3 is 15.8 Å². The van der Waals surface area contributed by atoms with Crippen molar-refractivity contribution in [3.63, 3.8) is 0 Å². The van der Waals surface area contributed by atoms with Crippen molar-refractivity contribution in [2.75, 3.05) is 29.6 Å². The highest BCUT2D eigenvalue weighted by Gasteiger charge is 2.02. The fraction of sp³-hybridized carbons (Fsp3) is 0.625. The first kappa shape index (κ1) is 17.0. The van der Waals surface area contributed by atoms with Crippen LogP contribution in [0.2, 0.25) is 0 Å². The molecule has 114 valence electrons. The van der Waals surface area contributed by atoms with Crippen LogP contribution in [0.4, 0.5) is 11.4 Å². The summed E-state index contributed by atoms with van der Waals surface area (Å²) < 4.78 is 5.69. The number of nitrogens with one attached hydrogen (secondary N) is 1. The zero-order valence-corrected chi connectivity index (χ0v) is 13.8. The van der Waals surface area contributed by atoms with Crippen LogP contribution < -0.4 is 15.8 Å². The van der Waals surface area contributed by atoms with Gasteiger partial charge in [-0.3, -0.25) is 0 Å². The standard InChI is InChI=1S/C16H28N2OS/c1-13(2)19-16-11-14(17)10-15(12-16)18-8-6-4-5-7-9-20-3/h10-13,18H,4-9,17H2,1-3H3. The summed E-state index contributed by atoms with van der Waals surface area (Å²) in [5, 5.41) is 3.42. The second-order valence-electron chi connectivity index (χ2n) is 5.29. The number of anilines is 2. The van der Waals surface area contributed by atoms with Crippen molar-refractivity contribution < 1.29 is 4.74 Å². The monoisotopic (exact) mass is 296 g/mol. The van der Waals surface area contributed by atoms with Crippen LogP contribution in [0.3, 0.4) is 0 Å². The lowest BCUT2D eigenvalue weighted by atomic mass is 10.2. The molecule has 1 rings (SSSR count). The molecule has 1 aromatic carbocycles. The average molecular weight is 296 g/mol. The average Bonchev–Trinajstić information content (AvgIpc) is 2.36. The first-order valence-electron chi connectivity index (χ1n) is 7.42. The summed E-state index contributed by atoms with van der Waals surface area (Å²) in [5.41, 5.74) is 7.69. The molecule has 1 aromatic rings. The molecular formula is C16H28N2OS. The lowest BCUT2D eigenvalue weighted by molar-refractivity contribution is 0.242. The maximum Gasteiger partial charge on any atom is 0.123 e. The Kier molecular flexibility index (Phi) is 8.35. The Morgan fingerprint density at radius 2 is 1.90 bits per heavy atom. The summed E-state index contributed by atoms with van der Waals surface area (Å²) in [6.45, 7) is 5.03. The van der Waals surface area contributed by atoms with E-state index in [1.54, 1.807) is 0 Å². The van der Waals surface area contributed by atoms with Crippen LogP contribution in [0.15, 0.2) is 18.2 Å². The summed E-state index contributed by atoms with van der Waals surface area (Å²) in [6, 6.07) is 5.85. The number of nitrogen functional groups attached to an aromatic ring is 1. The molecule has 0 saturated carbocycles. The Morgan fingerprint density at radius 3 is 2.60 bits per heavy atom. The van der Waals surface area contributed by atoms with E-state index in [-0.39, 0.29) is 6.10 Å². The molecule has 3 nitrogen and oxygen atoms in total. The fourth-order valence-corrected chi connectivity index (χ4v) is 2.51. The van der Waals surface area contributed by atoms with Gasteiger partial charge in [0.2, 0.25) is 0 Å². The highest BCUT2D eigenvalue weighted by molar-refractivity contribution is 7.98. The van der Waals surface area contributed by atoms with Crippen LogP contribution in [-0.4, -0.2) is 24.7 Å². The van der Waals surface area contributed by atoms with E-state index in [2.05, 4.69) is 11.6 Å². The van der Waals surface area contributed by atoms with Crippen molar-refractivity contribution in [3.05, 3.63) is 18.2 Å². The van der Waals surface area contributed by atoms with Gasteiger partial charge in [0, 0.05) is 30.1 Å². The molecule has 0 heterocycles. The number of nitrogens with two attached hydrogens (primary N) is 1. The molecule has 0 fully saturated rings. The number of hydrogen-bond acceptors (Lipinski definition) is 4. The van der Waals surface area contributed by atoms with E-state index in [1.165, 1.54) is 31.4 Å². The molecule has 3 N–H and O–H groups in total. The molecule has 0 bridgehead atoms. The van der Waals surface area contributed by atoms with Crippen LogP contribution in [0.5, 0.6) is 5.75 Å².